The number of aromatic nitrogens is 1. The molecule has 0 radical (unpaired) electrons. The first-order chi connectivity index (χ1) is 28.2. The van der Waals surface area contributed by atoms with Crippen LogP contribution in [0, 0.1) is 0 Å². The van der Waals surface area contributed by atoms with E-state index in [1.165, 1.54) is 11.3 Å². The van der Waals surface area contributed by atoms with Crippen LogP contribution in [0.3, 0.4) is 0 Å². The number of oxime groups is 1. The molecule has 3 aromatic carbocycles. The van der Waals surface area contributed by atoms with E-state index in [2.05, 4.69) is 59.2 Å². The number of piperidine rings is 1. The van der Waals surface area contributed by atoms with Crippen LogP contribution in [0.5, 0.6) is 0 Å². The van der Waals surface area contributed by atoms with E-state index in [0.29, 0.717) is 34.8 Å². The number of benzene rings is 3. The molecule has 58 heavy (non-hydrogen) atoms. The molecule has 13 nitrogen and oxygen atoms in total. The third-order valence-electron chi connectivity index (χ3n) is 11.4. The second-order valence-corrected chi connectivity index (χ2v) is 17.9. The molecule has 2 amide bonds. The van der Waals surface area contributed by atoms with Gasteiger partial charge in [0.15, 0.2) is 10.8 Å². The number of ether oxygens (including phenoxy) is 1. The SMILES string of the molecule is C[N+]1(CC2=C(C(=O)O)N3C(=O)C(NC(=O)C(=NOC4CCCCO4)c4csc(NC(c5ccccc5)(c5ccccc5)c5ccccc5)n4)[C@@H]3S(=O)C2)CCCCC1. The quantitative estimate of drug-likeness (QED) is 0.0544. The van der Waals surface area contributed by atoms with Crippen molar-refractivity contribution in [3.05, 3.63) is 130 Å². The molecule has 3 saturated heterocycles. The van der Waals surface area contributed by atoms with E-state index in [1.54, 1.807) is 5.38 Å². The highest BCUT2D eigenvalue weighted by molar-refractivity contribution is 7.86. The summed E-state index contributed by atoms with van der Waals surface area (Å²) >= 11 is 1.28. The molecule has 0 saturated carbocycles. The van der Waals surface area contributed by atoms with Gasteiger partial charge in [-0.15, -0.1) is 11.3 Å². The fourth-order valence-corrected chi connectivity index (χ4v) is 11.0. The summed E-state index contributed by atoms with van der Waals surface area (Å²) < 4.78 is 20.2. The molecular weight excluding hydrogens is 777 g/mol. The van der Waals surface area contributed by atoms with Gasteiger partial charge in [0.25, 0.3) is 11.8 Å². The van der Waals surface area contributed by atoms with Gasteiger partial charge in [0.05, 0.1) is 43.3 Å². The number of carboxylic acids is 1. The fourth-order valence-electron chi connectivity index (χ4n) is 8.57. The zero-order chi connectivity index (χ0) is 40.3. The Morgan fingerprint density at radius 3 is 2.16 bits per heavy atom. The molecule has 1 aromatic heterocycles. The summed E-state index contributed by atoms with van der Waals surface area (Å²) in [5.74, 6) is -2.66. The lowest BCUT2D eigenvalue weighted by Gasteiger charge is -2.49. The molecule has 4 aliphatic heterocycles. The van der Waals surface area contributed by atoms with E-state index < -0.39 is 51.8 Å². The van der Waals surface area contributed by atoms with Crippen molar-refractivity contribution in [1.82, 2.24) is 15.2 Å². The number of likely N-dealkylation sites (tertiary alicyclic amines) is 1. The number of β-lactam (4-membered cyclic amide) rings is 1. The highest BCUT2D eigenvalue weighted by Crippen LogP contribution is 2.41. The normalized spacial score (nSPS) is 23.4. The van der Waals surface area contributed by atoms with Gasteiger partial charge in [-0.2, -0.15) is 0 Å². The largest absolute Gasteiger partial charge is 0.477 e. The number of carboxylic acid groups (broad SMARTS) is 1. The van der Waals surface area contributed by atoms with E-state index in [1.807, 2.05) is 54.6 Å². The number of rotatable bonds is 13. The molecule has 3 unspecified atom stereocenters. The Hall–Kier alpha value is -5.22. The predicted molar refractivity (Wildman–Crippen MR) is 221 cm³/mol. The lowest BCUT2D eigenvalue weighted by molar-refractivity contribution is -0.909. The van der Waals surface area contributed by atoms with Gasteiger partial charge in [0, 0.05) is 17.4 Å². The first-order valence-electron chi connectivity index (χ1n) is 19.7. The van der Waals surface area contributed by atoms with Crippen LogP contribution in [-0.2, 0) is 40.3 Å². The standard InChI is InChI=1S/C43H46N6O7S2/c1-49(23-13-5-14-24-49)26-29-28-58(54)40-36(39(51)48(40)37(29)41(52)53)45-38(50)35(47-56-34-22-12-15-25-55-34)33-27-57-42(44-33)46-43(30-16-6-2-7-17-30,31-18-8-3-9-19-31)32-20-10-4-11-21-32/h2-4,6-11,16-21,27,34,36,40H,5,12-15,22-26,28H2,1H3,(H2-,44,45,46,50,52,53)/p+1/t34?,36?,40-,58?/m0/s1. The zero-order valence-electron chi connectivity index (χ0n) is 32.2. The average molecular weight is 824 g/mol. The molecule has 0 bridgehead atoms. The molecule has 0 spiro atoms. The third kappa shape index (κ3) is 7.83. The van der Waals surface area contributed by atoms with Crippen LogP contribution in [0.2, 0.25) is 0 Å². The minimum absolute atomic E-state index is 0.00642. The first kappa shape index (κ1) is 39.6. The minimum Gasteiger partial charge on any atom is -0.477 e. The van der Waals surface area contributed by atoms with Gasteiger partial charge in [-0.05, 0) is 48.8 Å². The number of nitrogens with one attached hydrogen (secondary N) is 2. The van der Waals surface area contributed by atoms with Crippen molar-refractivity contribution in [3.8, 4) is 0 Å². The molecule has 5 heterocycles. The van der Waals surface area contributed by atoms with Gasteiger partial charge in [0.1, 0.15) is 34.9 Å². The molecule has 15 heteroatoms. The van der Waals surface area contributed by atoms with Crippen molar-refractivity contribution in [1.29, 1.82) is 0 Å². The Morgan fingerprint density at radius 1 is 0.966 bits per heavy atom. The molecule has 4 aliphatic rings. The molecule has 4 atom stereocenters. The number of carbonyl (C=O) groups is 3. The number of nitrogens with zero attached hydrogens (tertiary/aromatic N) is 4. The minimum atomic E-state index is -1.67. The number of likely N-dealkylation sites (N-methyl/N-ethyl adjacent to an activating group) is 1. The van der Waals surface area contributed by atoms with Crippen LogP contribution < -0.4 is 10.6 Å². The van der Waals surface area contributed by atoms with Crippen molar-refractivity contribution < 1.29 is 37.8 Å². The van der Waals surface area contributed by atoms with Crippen LogP contribution in [0.4, 0.5) is 5.13 Å². The number of aliphatic carboxylic acids is 1. The first-order valence-corrected chi connectivity index (χ1v) is 22.0. The Bertz CT molecular complexity index is 2120. The van der Waals surface area contributed by atoms with Crippen molar-refractivity contribution in [3.63, 3.8) is 0 Å². The molecule has 8 rings (SSSR count). The van der Waals surface area contributed by atoms with E-state index in [4.69, 9.17) is 14.6 Å². The van der Waals surface area contributed by atoms with Crippen molar-refractivity contribution in [2.24, 2.45) is 5.16 Å². The molecule has 3 N–H and O–H groups in total. The van der Waals surface area contributed by atoms with Gasteiger partial charge in [0.2, 0.25) is 6.29 Å². The van der Waals surface area contributed by atoms with Crippen LogP contribution in [0.25, 0.3) is 0 Å². The summed E-state index contributed by atoms with van der Waals surface area (Å²) in [4.78, 5) is 52.5. The highest BCUT2D eigenvalue weighted by atomic mass is 32.2. The maximum Gasteiger partial charge on any atom is 0.352 e. The van der Waals surface area contributed by atoms with Crippen molar-refractivity contribution in [2.45, 2.75) is 61.8 Å². The summed E-state index contributed by atoms with van der Waals surface area (Å²) in [6, 6.07) is 28.9. The average Bonchev–Trinajstić information content (AvgIpc) is 3.71. The number of anilines is 1. The summed E-state index contributed by atoms with van der Waals surface area (Å²) in [6.07, 6.45) is 4.84. The number of quaternary nitrogens is 1. The maximum absolute atomic E-state index is 14.3. The number of amides is 2. The second-order valence-electron chi connectivity index (χ2n) is 15.5. The molecule has 302 valence electrons. The monoisotopic (exact) mass is 823 g/mol. The predicted octanol–water partition coefficient (Wildman–Crippen LogP) is 5.18. The Labute approximate surface area is 343 Å². The summed E-state index contributed by atoms with van der Waals surface area (Å²) in [6.45, 7) is 2.66. The number of carbonyl (C=O) groups excluding carboxylic acids is 2. The van der Waals surface area contributed by atoms with Gasteiger partial charge in [-0.3, -0.25) is 18.7 Å². The zero-order valence-corrected chi connectivity index (χ0v) is 33.9. The summed E-state index contributed by atoms with van der Waals surface area (Å²) in [5.41, 5.74) is 2.35. The van der Waals surface area contributed by atoms with Crippen LogP contribution in [0.15, 0.2) is 113 Å². The highest BCUT2D eigenvalue weighted by Gasteiger charge is 2.58. The lowest BCUT2D eigenvalue weighted by Crippen LogP contribution is -2.74. The molecule has 4 aromatic rings. The number of hydrogen-bond acceptors (Lipinski definition) is 10. The topological polar surface area (TPSA) is 160 Å². The van der Waals surface area contributed by atoms with Gasteiger partial charge < -0.3 is 29.8 Å². The Kier molecular flexibility index (Phi) is 11.6. The van der Waals surface area contributed by atoms with Crippen LogP contribution >= 0.6 is 11.3 Å². The molecular formula is C43H47N6O7S2+. The Balaban J connectivity index is 1.10. The van der Waals surface area contributed by atoms with Gasteiger partial charge in [-0.25, -0.2) is 9.78 Å². The second kappa shape index (κ2) is 16.9. The summed E-state index contributed by atoms with van der Waals surface area (Å²) in [7, 11) is 0.408. The van der Waals surface area contributed by atoms with Crippen LogP contribution in [0.1, 0.15) is 60.9 Å². The Morgan fingerprint density at radius 2 is 1.59 bits per heavy atom. The number of hydrogen-bond donors (Lipinski definition) is 3. The number of thiazole rings is 1. The molecule has 0 aliphatic carbocycles. The van der Waals surface area contributed by atoms with E-state index in [9.17, 15) is 23.7 Å². The lowest BCUT2D eigenvalue weighted by atomic mass is 9.77. The molecule has 3 fully saturated rings. The van der Waals surface area contributed by atoms with Gasteiger partial charge >= 0.3 is 5.97 Å². The number of fused-ring (bicyclic) bond motifs is 1. The van der Waals surface area contributed by atoms with E-state index in [0.717, 1.165) is 66.8 Å². The van der Waals surface area contributed by atoms with Crippen LogP contribution in [-0.4, -0.2) is 104 Å². The smallest absolute Gasteiger partial charge is 0.352 e. The van der Waals surface area contributed by atoms with E-state index >= 15 is 0 Å². The van der Waals surface area contributed by atoms with Crippen molar-refractivity contribution >= 4 is 50.8 Å². The maximum atomic E-state index is 14.3. The van der Waals surface area contributed by atoms with E-state index in [-0.39, 0.29) is 22.9 Å². The van der Waals surface area contributed by atoms with Crippen molar-refractivity contribution in [2.75, 3.05) is 44.4 Å². The third-order valence-corrected chi connectivity index (χ3v) is 13.9. The summed E-state index contributed by atoms with van der Waals surface area (Å²) in [5, 5.41) is 22.2. The van der Waals surface area contributed by atoms with Gasteiger partial charge in [-0.1, -0.05) is 96.2 Å². The fraction of sp³-hybridized carbons (Fsp3) is 0.372.